The van der Waals surface area contributed by atoms with Gasteiger partial charge in [0.1, 0.15) is 0 Å². The Morgan fingerprint density at radius 3 is 2.64 bits per heavy atom. The molecule has 0 aliphatic rings. The second kappa shape index (κ2) is 6.41. The Morgan fingerprint density at radius 2 is 2.18 bits per heavy atom. The molecule has 0 spiro atoms. The van der Waals surface area contributed by atoms with E-state index in [4.69, 9.17) is 5.73 Å². The first-order chi connectivity index (χ1) is 5.20. The molecule has 66 valence electrons. The van der Waals surface area contributed by atoms with Crippen LogP contribution < -0.4 is 5.73 Å². The summed E-state index contributed by atoms with van der Waals surface area (Å²) in [7, 11) is 0. The Kier molecular flexibility index (Phi) is 6.24. The minimum Gasteiger partial charge on any atom is -0.327 e. The predicted molar refractivity (Wildman–Crippen MR) is 51.5 cm³/mol. The van der Waals surface area contributed by atoms with Crippen molar-refractivity contribution < 1.29 is 0 Å². The lowest BCUT2D eigenvalue weighted by molar-refractivity contribution is 0.500. The lowest BCUT2D eigenvalue weighted by atomic mass is 9.97. The lowest BCUT2D eigenvalue weighted by Crippen LogP contribution is -2.05. The number of rotatable bonds is 6. The van der Waals surface area contributed by atoms with Crippen molar-refractivity contribution in [3.63, 3.8) is 0 Å². The third-order valence-corrected chi connectivity index (χ3v) is 1.98. The van der Waals surface area contributed by atoms with Gasteiger partial charge in [0, 0.05) is 6.54 Å². The highest BCUT2D eigenvalue weighted by molar-refractivity contribution is 4.96. The molecule has 1 atom stereocenters. The molecule has 11 heavy (non-hydrogen) atoms. The molecule has 0 amide bonds. The van der Waals surface area contributed by atoms with Gasteiger partial charge in [0.15, 0.2) is 0 Å². The standard InChI is InChI=1S/C10H21N/c1-4-5-6-9(2)7-10(3)8-11/h9H,3-8,11H2,1-2H3/t9-/m0/s1. The van der Waals surface area contributed by atoms with E-state index in [0.29, 0.717) is 6.54 Å². The molecule has 0 aromatic carbocycles. The van der Waals surface area contributed by atoms with Crippen LogP contribution in [0.5, 0.6) is 0 Å². The minimum atomic E-state index is 0.649. The van der Waals surface area contributed by atoms with Crippen molar-refractivity contribution in [3.05, 3.63) is 12.2 Å². The molecule has 0 aromatic rings. The highest BCUT2D eigenvalue weighted by Crippen LogP contribution is 2.15. The van der Waals surface area contributed by atoms with Gasteiger partial charge in [-0.25, -0.2) is 0 Å². The highest BCUT2D eigenvalue weighted by atomic mass is 14.5. The van der Waals surface area contributed by atoms with E-state index in [-0.39, 0.29) is 0 Å². The predicted octanol–water partition coefficient (Wildman–Crippen LogP) is 2.72. The van der Waals surface area contributed by atoms with Crippen molar-refractivity contribution in [1.82, 2.24) is 0 Å². The maximum absolute atomic E-state index is 5.45. The fraction of sp³-hybridized carbons (Fsp3) is 0.800. The average molecular weight is 155 g/mol. The molecule has 1 nitrogen and oxygen atoms in total. The van der Waals surface area contributed by atoms with Crippen molar-refractivity contribution >= 4 is 0 Å². The van der Waals surface area contributed by atoms with Gasteiger partial charge in [-0.15, -0.1) is 0 Å². The number of hydrogen-bond donors (Lipinski definition) is 1. The fourth-order valence-corrected chi connectivity index (χ4v) is 1.23. The van der Waals surface area contributed by atoms with Crippen LogP contribution in [0.4, 0.5) is 0 Å². The van der Waals surface area contributed by atoms with Crippen LogP contribution in [-0.4, -0.2) is 6.54 Å². The molecule has 0 bridgehead atoms. The fourth-order valence-electron chi connectivity index (χ4n) is 1.23. The van der Waals surface area contributed by atoms with E-state index in [1.807, 2.05) is 0 Å². The summed E-state index contributed by atoms with van der Waals surface area (Å²) in [5, 5.41) is 0. The van der Waals surface area contributed by atoms with Crippen molar-refractivity contribution in [3.8, 4) is 0 Å². The lowest BCUT2D eigenvalue weighted by Gasteiger charge is -2.10. The van der Waals surface area contributed by atoms with Gasteiger partial charge in [-0.1, -0.05) is 45.3 Å². The van der Waals surface area contributed by atoms with Gasteiger partial charge in [-0.3, -0.25) is 0 Å². The normalized spacial score (nSPS) is 13.0. The number of unbranched alkanes of at least 4 members (excludes halogenated alkanes) is 1. The van der Waals surface area contributed by atoms with E-state index in [2.05, 4.69) is 20.4 Å². The quantitative estimate of drug-likeness (QED) is 0.586. The minimum absolute atomic E-state index is 0.649. The van der Waals surface area contributed by atoms with Crippen molar-refractivity contribution in [2.75, 3.05) is 6.54 Å². The van der Waals surface area contributed by atoms with Crippen molar-refractivity contribution in [2.45, 2.75) is 39.5 Å². The first kappa shape index (κ1) is 10.7. The topological polar surface area (TPSA) is 26.0 Å². The summed E-state index contributed by atoms with van der Waals surface area (Å²) in [6, 6.07) is 0. The van der Waals surface area contributed by atoms with E-state index < -0.39 is 0 Å². The summed E-state index contributed by atoms with van der Waals surface area (Å²) < 4.78 is 0. The molecule has 0 fully saturated rings. The zero-order chi connectivity index (χ0) is 8.69. The first-order valence-corrected chi connectivity index (χ1v) is 4.57. The van der Waals surface area contributed by atoms with E-state index in [9.17, 15) is 0 Å². The Balaban J connectivity index is 3.35. The first-order valence-electron chi connectivity index (χ1n) is 4.57. The third kappa shape index (κ3) is 6.11. The zero-order valence-corrected chi connectivity index (χ0v) is 7.90. The largest absolute Gasteiger partial charge is 0.327 e. The number of hydrogen-bond acceptors (Lipinski definition) is 1. The SMILES string of the molecule is C=C(CN)C[C@@H](C)CCCC. The smallest absolute Gasteiger partial charge is 0.0134 e. The van der Waals surface area contributed by atoms with Gasteiger partial charge in [-0.05, 0) is 12.3 Å². The maximum Gasteiger partial charge on any atom is 0.0134 e. The summed E-state index contributed by atoms with van der Waals surface area (Å²) in [6.45, 7) is 9.05. The van der Waals surface area contributed by atoms with Crippen LogP contribution in [-0.2, 0) is 0 Å². The van der Waals surface area contributed by atoms with Crippen LogP contribution >= 0.6 is 0 Å². The number of nitrogens with two attached hydrogens (primary N) is 1. The second-order valence-corrected chi connectivity index (χ2v) is 3.41. The molecule has 0 aromatic heterocycles. The van der Waals surface area contributed by atoms with Gasteiger partial charge in [0.05, 0.1) is 0 Å². The highest BCUT2D eigenvalue weighted by Gasteiger charge is 2.01. The molecule has 0 saturated heterocycles. The Labute approximate surface area is 70.7 Å². The van der Waals surface area contributed by atoms with E-state index in [1.54, 1.807) is 0 Å². The average Bonchev–Trinajstić information content (AvgIpc) is 2.00. The van der Waals surface area contributed by atoms with Gasteiger partial charge >= 0.3 is 0 Å². The van der Waals surface area contributed by atoms with Crippen LogP contribution in [0.25, 0.3) is 0 Å². The zero-order valence-electron chi connectivity index (χ0n) is 7.90. The monoisotopic (exact) mass is 155 g/mol. The third-order valence-electron chi connectivity index (χ3n) is 1.98. The maximum atomic E-state index is 5.45. The Bertz CT molecular complexity index is 107. The summed E-state index contributed by atoms with van der Waals surface area (Å²) in [5.74, 6) is 0.769. The van der Waals surface area contributed by atoms with Crippen LogP contribution in [0.15, 0.2) is 12.2 Å². The summed E-state index contributed by atoms with van der Waals surface area (Å²) in [5.41, 5.74) is 6.64. The van der Waals surface area contributed by atoms with Gasteiger partial charge in [0.2, 0.25) is 0 Å². The molecular formula is C10H21N. The summed E-state index contributed by atoms with van der Waals surface area (Å²) in [6.07, 6.45) is 5.05. The Hall–Kier alpha value is -0.300. The van der Waals surface area contributed by atoms with E-state index in [1.165, 1.54) is 24.8 Å². The Morgan fingerprint density at radius 1 is 1.55 bits per heavy atom. The van der Waals surface area contributed by atoms with E-state index >= 15 is 0 Å². The molecule has 0 unspecified atom stereocenters. The molecule has 1 heteroatoms. The van der Waals surface area contributed by atoms with Gasteiger partial charge < -0.3 is 5.73 Å². The van der Waals surface area contributed by atoms with Crippen LogP contribution in [0.3, 0.4) is 0 Å². The molecule has 0 heterocycles. The van der Waals surface area contributed by atoms with Crippen molar-refractivity contribution in [1.29, 1.82) is 0 Å². The van der Waals surface area contributed by atoms with E-state index in [0.717, 1.165) is 12.3 Å². The summed E-state index contributed by atoms with van der Waals surface area (Å²) >= 11 is 0. The van der Waals surface area contributed by atoms with Crippen LogP contribution in [0.2, 0.25) is 0 Å². The summed E-state index contributed by atoms with van der Waals surface area (Å²) in [4.78, 5) is 0. The van der Waals surface area contributed by atoms with Crippen molar-refractivity contribution in [2.24, 2.45) is 11.7 Å². The second-order valence-electron chi connectivity index (χ2n) is 3.41. The molecule has 0 saturated carbocycles. The van der Waals surface area contributed by atoms with Gasteiger partial charge in [-0.2, -0.15) is 0 Å². The molecular weight excluding hydrogens is 134 g/mol. The van der Waals surface area contributed by atoms with Crippen LogP contribution in [0.1, 0.15) is 39.5 Å². The molecule has 0 aliphatic heterocycles. The molecule has 2 N–H and O–H groups in total. The van der Waals surface area contributed by atoms with Crippen LogP contribution in [0, 0.1) is 5.92 Å². The molecule has 0 radical (unpaired) electrons. The van der Waals surface area contributed by atoms with Gasteiger partial charge in [0.25, 0.3) is 0 Å². The molecule has 0 rings (SSSR count). The molecule has 0 aliphatic carbocycles.